The predicted molar refractivity (Wildman–Crippen MR) is 138 cm³/mol. The van der Waals surface area contributed by atoms with Crippen molar-refractivity contribution in [2.24, 2.45) is 0 Å². The van der Waals surface area contributed by atoms with E-state index in [1.807, 2.05) is 20.8 Å². The molecule has 0 rings (SSSR count). The molecule has 37 heavy (non-hydrogen) atoms. The van der Waals surface area contributed by atoms with Crippen molar-refractivity contribution < 1.29 is 47.9 Å². The molecule has 0 aromatic heterocycles. The molecule has 226 valence electrons. The van der Waals surface area contributed by atoms with Gasteiger partial charge in [0.1, 0.15) is 0 Å². The Morgan fingerprint density at radius 3 is 1.11 bits per heavy atom. The Morgan fingerprint density at radius 1 is 0.595 bits per heavy atom. The molecule has 0 aromatic rings. The third kappa shape index (κ3) is 9.18. The van der Waals surface area contributed by atoms with Crippen LogP contribution >= 0.6 is 6.75 Å². The molecule has 0 aliphatic rings. The van der Waals surface area contributed by atoms with Crippen molar-refractivity contribution in [1.82, 2.24) is 3.48 Å². The number of halogens is 6. The van der Waals surface area contributed by atoms with E-state index in [0.717, 1.165) is 7.11 Å². The van der Waals surface area contributed by atoms with Crippen LogP contribution in [0.3, 0.4) is 0 Å². The van der Waals surface area contributed by atoms with Gasteiger partial charge in [0.25, 0.3) is 0 Å². The summed E-state index contributed by atoms with van der Waals surface area (Å²) in [7, 11) is -12.8. The Bertz CT molecular complexity index is 801. The molecule has 0 saturated carbocycles. The average molecular weight is 612 g/mol. The molecule has 0 aliphatic heterocycles. The van der Waals surface area contributed by atoms with Crippen LogP contribution in [0.1, 0.15) is 97.8 Å². The number of rotatable bonds is 20. The zero-order valence-electron chi connectivity index (χ0n) is 22.3. The maximum absolute atomic E-state index is 14.0. The topological polar surface area (TPSA) is 80.8 Å². The molecule has 0 fully saturated rings. The van der Waals surface area contributed by atoms with E-state index in [-0.39, 0.29) is 37.7 Å². The Hall–Kier alpha value is -0.170. The summed E-state index contributed by atoms with van der Waals surface area (Å²) in [6.07, 6.45) is 3.52. The summed E-state index contributed by atoms with van der Waals surface area (Å²) < 4.78 is 140. The van der Waals surface area contributed by atoms with Crippen molar-refractivity contribution in [2.75, 3.05) is 31.9 Å². The van der Waals surface area contributed by atoms with Crippen molar-refractivity contribution in [1.29, 1.82) is 0 Å². The minimum atomic E-state index is -6.94. The molecule has 0 aliphatic carbocycles. The molecule has 0 amide bonds. The minimum absolute atomic E-state index is 0.0911. The van der Waals surface area contributed by atoms with E-state index in [4.69, 9.17) is 4.74 Å². The fourth-order valence-electron chi connectivity index (χ4n) is 4.90. The number of ether oxygens (including phenoxy) is 1. The molecule has 0 heterocycles. The first-order valence-corrected chi connectivity index (χ1v) is 18.7. The molecule has 0 spiro atoms. The second-order valence-electron chi connectivity index (χ2n) is 9.76. The van der Waals surface area contributed by atoms with Crippen LogP contribution in [0.4, 0.5) is 26.3 Å². The SMILES string of the molecule is CCCCCCP(CCCCCC)(CCCCCC)(COC)N(S(=O)(=O)C(F)(F)F)S(=O)(=O)C(F)(F)F. The number of hydrogen-bond acceptors (Lipinski definition) is 5. The molecule has 15 heteroatoms. The normalized spacial score (nSPS) is 15.2. The van der Waals surface area contributed by atoms with Crippen molar-refractivity contribution in [2.45, 2.75) is 109 Å². The number of nitrogens with zero attached hydrogens (tertiary/aromatic N) is 1. The third-order valence-electron chi connectivity index (χ3n) is 6.68. The first-order chi connectivity index (χ1) is 16.9. The van der Waals surface area contributed by atoms with Crippen molar-refractivity contribution in [3.8, 4) is 0 Å². The van der Waals surface area contributed by atoms with Crippen LogP contribution in [0.5, 0.6) is 0 Å². The number of unbranched alkanes of at least 4 members (excludes halogenated alkanes) is 9. The maximum atomic E-state index is 14.0. The fourth-order valence-corrected chi connectivity index (χ4v) is 19.4. The number of methoxy groups -OCH3 is 1. The van der Waals surface area contributed by atoms with Gasteiger partial charge in [0, 0.05) is 0 Å². The Labute approximate surface area is 219 Å². The zero-order chi connectivity index (χ0) is 29.0. The van der Waals surface area contributed by atoms with Crippen LogP contribution in [-0.2, 0) is 24.8 Å². The Kier molecular flexibility index (Phi) is 14.9. The average Bonchev–Trinajstić information content (AvgIpc) is 2.76. The van der Waals surface area contributed by atoms with E-state index in [2.05, 4.69) is 0 Å². The van der Waals surface area contributed by atoms with Crippen LogP contribution in [0.25, 0.3) is 0 Å². The second-order valence-corrected chi connectivity index (χ2v) is 19.9. The van der Waals surface area contributed by atoms with Gasteiger partial charge in [-0.3, -0.25) is 0 Å². The van der Waals surface area contributed by atoms with Crippen LogP contribution in [-0.4, -0.2) is 63.3 Å². The van der Waals surface area contributed by atoms with Crippen molar-refractivity contribution in [3.63, 3.8) is 0 Å². The van der Waals surface area contributed by atoms with E-state index in [1.165, 1.54) is 0 Å². The molecule has 0 unspecified atom stereocenters. The standard InChI is InChI=1S/C22H44F6NO5PS2/c1-5-8-11-14-17-35(20-34-4,18-15-12-9-6-2,19-16-13-10-7-3)29(36(30,31)21(23,24)25)37(32,33)22(26,27)28/h5-20H2,1-4H3. The first kappa shape index (κ1) is 36.8. The van der Waals surface area contributed by atoms with Gasteiger partial charge in [0.15, 0.2) is 0 Å². The zero-order valence-corrected chi connectivity index (χ0v) is 24.9. The van der Waals surface area contributed by atoms with Crippen LogP contribution in [0, 0.1) is 0 Å². The second kappa shape index (κ2) is 15.0. The van der Waals surface area contributed by atoms with Gasteiger partial charge in [-0.1, -0.05) is 0 Å². The van der Waals surface area contributed by atoms with Gasteiger partial charge in [-0.2, -0.15) is 0 Å². The molecule has 0 bridgehead atoms. The van der Waals surface area contributed by atoms with E-state index < -0.39 is 47.6 Å². The summed E-state index contributed by atoms with van der Waals surface area (Å²) >= 11 is 0. The van der Waals surface area contributed by atoms with Gasteiger partial charge >= 0.3 is 219 Å². The Balaban J connectivity index is 7.60. The molecule has 0 atom stereocenters. The third-order valence-corrected chi connectivity index (χ3v) is 20.1. The van der Waals surface area contributed by atoms with Gasteiger partial charge in [0.2, 0.25) is 0 Å². The first-order valence-electron chi connectivity index (χ1n) is 12.9. The van der Waals surface area contributed by atoms with E-state index in [0.29, 0.717) is 57.8 Å². The van der Waals surface area contributed by atoms with Crippen LogP contribution in [0.15, 0.2) is 0 Å². The summed E-state index contributed by atoms with van der Waals surface area (Å²) in [5, 5.41) is 0. The summed E-state index contributed by atoms with van der Waals surface area (Å²) in [4.78, 5) is 0. The molecule has 6 nitrogen and oxygen atoms in total. The monoisotopic (exact) mass is 611 g/mol. The quantitative estimate of drug-likeness (QED) is 0.0797. The van der Waals surface area contributed by atoms with E-state index >= 15 is 0 Å². The van der Waals surface area contributed by atoms with Crippen molar-refractivity contribution in [3.05, 3.63) is 0 Å². The summed E-state index contributed by atoms with van der Waals surface area (Å²) in [6, 6.07) is 0. The molecule has 0 saturated heterocycles. The van der Waals surface area contributed by atoms with Crippen LogP contribution in [0.2, 0.25) is 0 Å². The predicted octanol–water partition coefficient (Wildman–Crippen LogP) is 7.80. The van der Waals surface area contributed by atoms with Gasteiger partial charge in [-0.15, -0.1) is 0 Å². The summed E-state index contributed by atoms with van der Waals surface area (Å²) in [5.74, 6) is 0. The van der Waals surface area contributed by atoms with E-state index in [9.17, 15) is 43.2 Å². The molecular formula is C22H44F6NO5PS2. The summed E-state index contributed by atoms with van der Waals surface area (Å²) in [5.41, 5.74) is -12.5. The van der Waals surface area contributed by atoms with Crippen molar-refractivity contribution >= 4 is 26.8 Å². The van der Waals surface area contributed by atoms with Gasteiger partial charge < -0.3 is 0 Å². The summed E-state index contributed by atoms with van der Waals surface area (Å²) in [6.45, 7) is 0.435. The van der Waals surface area contributed by atoms with Gasteiger partial charge in [-0.05, 0) is 0 Å². The molecule has 0 aromatic carbocycles. The number of alkyl halides is 6. The van der Waals surface area contributed by atoms with Crippen LogP contribution < -0.4 is 0 Å². The Morgan fingerprint density at radius 2 is 0.892 bits per heavy atom. The fraction of sp³-hybridized carbons (Fsp3) is 1.00. The van der Waals surface area contributed by atoms with E-state index in [1.54, 1.807) is 0 Å². The molecule has 0 radical (unpaired) electrons. The number of sulfonamides is 2. The van der Waals surface area contributed by atoms with Gasteiger partial charge in [-0.25, -0.2) is 0 Å². The van der Waals surface area contributed by atoms with Gasteiger partial charge in [0.05, 0.1) is 0 Å². The molecular weight excluding hydrogens is 567 g/mol. The molecule has 0 N–H and O–H groups in total. The number of hydrogen-bond donors (Lipinski definition) is 0.